The lowest BCUT2D eigenvalue weighted by molar-refractivity contribution is -0.139. The van der Waals surface area contributed by atoms with Gasteiger partial charge in [0.15, 0.2) is 0 Å². The molecule has 1 aromatic carbocycles. The number of hydrogen-bond acceptors (Lipinski definition) is 3. The van der Waals surface area contributed by atoms with Gasteiger partial charge in [-0.25, -0.2) is 0 Å². The van der Waals surface area contributed by atoms with Crippen molar-refractivity contribution in [1.82, 2.24) is 0 Å². The molecule has 0 radical (unpaired) electrons. The van der Waals surface area contributed by atoms with Crippen molar-refractivity contribution in [2.45, 2.75) is 19.8 Å². The molecule has 0 fully saturated rings. The van der Waals surface area contributed by atoms with Crippen molar-refractivity contribution in [1.29, 1.82) is 0 Å². The van der Waals surface area contributed by atoms with Crippen LogP contribution in [-0.4, -0.2) is 25.3 Å². The van der Waals surface area contributed by atoms with E-state index in [9.17, 15) is 9.90 Å². The highest BCUT2D eigenvalue weighted by molar-refractivity contribution is 5.77. The highest BCUT2D eigenvalue weighted by atomic mass is 16.5. The van der Waals surface area contributed by atoms with E-state index in [0.717, 1.165) is 0 Å². The SMILES string of the molecule is COc1ccc(C(C(=O)O)C(C)C)c(OC)c1. The van der Waals surface area contributed by atoms with Crippen LogP contribution in [0.4, 0.5) is 0 Å². The Morgan fingerprint density at radius 2 is 1.88 bits per heavy atom. The zero-order chi connectivity index (χ0) is 13.0. The maximum Gasteiger partial charge on any atom is 0.311 e. The van der Waals surface area contributed by atoms with E-state index in [-0.39, 0.29) is 5.92 Å². The van der Waals surface area contributed by atoms with E-state index in [4.69, 9.17) is 9.47 Å². The van der Waals surface area contributed by atoms with Gasteiger partial charge >= 0.3 is 5.97 Å². The van der Waals surface area contributed by atoms with Crippen LogP contribution in [0.15, 0.2) is 18.2 Å². The number of ether oxygens (including phenoxy) is 2. The summed E-state index contributed by atoms with van der Waals surface area (Å²) in [5, 5.41) is 9.26. The van der Waals surface area contributed by atoms with Crippen molar-refractivity contribution >= 4 is 5.97 Å². The van der Waals surface area contributed by atoms with Gasteiger partial charge in [0.2, 0.25) is 0 Å². The molecule has 0 heterocycles. The third-order valence-electron chi connectivity index (χ3n) is 2.71. The van der Waals surface area contributed by atoms with Gasteiger partial charge in [0, 0.05) is 11.6 Å². The van der Waals surface area contributed by atoms with Crippen LogP contribution in [0, 0.1) is 5.92 Å². The van der Waals surface area contributed by atoms with Crippen molar-refractivity contribution in [3.63, 3.8) is 0 Å². The second-order valence-electron chi connectivity index (χ2n) is 4.17. The number of hydrogen-bond donors (Lipinski definition) is 1. The fourth-order valence-electron chi connectivity index (χ4n) is 1.85. The van der Waals surface area contributed by atoms with Crippen LogP contribution in [0.5, 0.6) is 11.5 Å². The predicted molar refractivity (Wildman–Crippen MR) is 64.8 cm³/mol. The summed E-state index contributed by atoms with van der Waals surface area (Å²) in [6, 6.07) is 5.19. The van der Waals surface area contributed by atoms with E-state index >= 15 is 0 Å². The average Bonchev–Trinajstić information content (AvgIpc) is 2.28. The Morgan fingerprint density at radius 1 is 1.24 bits per heavy atom. The molecule has 1 N–H and O–H groups in total. The van der Waals surface area contributed by atoms with Crippen LogP contribution >= 0.6 is 0 Å². The lowest BCUT2D eigenvalue weighted by atomic mass is 9.88. The van der Waals surface area contributed by atoms with Crippen LogP contribution in [-0.2, 0) is 4.79 Å². The minimum Gasteiger partial charge on any atom is -0.497 e. The number of aliphatic carboxylic acids is 1. The van der Waals surface area contributed by atoms with Crippen molar-refractivity contribution in [3.05, 3.63) is 23.8 Å². The summed E-state index contributed by atoms with van der Waals surface area (Å²) in [6.45, 7) is 3.75. The molecule has 0 bridgehead atoms. The molecule has 0 aliphatic carbocycles. The Morgan fingerprint density at radius 3 is 2.29 bits per heavy atom. The molecule has 4 nitrogen and oxygen atoms in total. The molecule has 0 saturated carbocycles. The first-order chi connectivity index (χ1) is 8.01. The second-order valence-corrected chi connectivity index (χ2v) is 4.17. The van der Waals surface area contributed by atoms with Gasteiger partial charge in [0.05, 0.1) is 20.1 Å². The number of carboxylic acids is 1. The Balaban J connectivity index is 3.23. The number of methoxy groups -OCH3 is 2. The largest absolute Gasteiger partial charge is 0.497 e. The minimum absolute atomic E-state index is 0.00482. The highest BCUT2D eigenvalue weighted by Gasteiger charge is 2.26. The first kappa shape index (κ1) is 13.4. The molecule has 1 aromatic rings. The van der Waals surface area contributed by atoms with Crippen LogP contribution in [0.2, 0.25) is 0 Å². The number of carbonyl (C=O) groups is 1. The monoisotopic (exact) mass is 238 g/mol. The van der Waals surface area contributed by atoms with E-state index in [1.54, 1.807) is 25.3 Å². The minimum atomic E-state index is -0.844. The average molecular weight is 238 g/mol. The summed E-state index contributed by atoms with van der Waals surface area (Å²) in [7, 11) is 3.09. The fourth-order valence-corrected chi connectivity index (χ4v) is 1.85. The summed E-state index contributed by atoms with van der Waals surface area (Å²) < 4.78 is 10.3. The van der Waals surface area contributed by atoms with Crippen LogP contribution in [0.1, 0.15) is 25.3 Å². The molecule has 0 aliphatic rings. The van der Waals surface area contributed by atoms with Crippen LogP contribution < -0.4 is 9.47 Å². The van der Waals surface area contributed by atoms with Crippen molar-refractivity contribution in [3.8, 4) is 11.5 Å². The quantitative estimate of drug-likeness (QED) is 0.856. The van der Waals surface area contributed by atoms with Crippen LogP contribution in [0.3, 0.4) is 0 Å². The van der Waals surface area contributed by atoms with Gasteiger partial charge in [-0.2, -0.15) is 0 Å². The Labute approximate surface area is 101 Å². The first-order valence-corrected chi connectivity index (χ1v) is 5.46. The molecule has 1 rings (SSSR count). The fraction of sp³-hybridized carbons (Fsp3) is 0.462. The number of carboxylic acid groups (broad SMARTS) is 1. The molecule has 0 amide bonds. The molecule has 0 saturated heterocycles. The molecule has 4 heteroatoms. The van der Waals surface area contributed by atoms with Gasteiger partial charge in [0.1, 0.15) is 11.5 Å². The topological polar surface area (TPSA) is 55.8 Å². The van der Waals surface area contributed by atoms with Crippen LogP contribution in [0.25, 0.3) is 0 Å². The third kappa shape index (κ3) is 2.90. The van der Waals surface area contributed by atoms with E-state index in [1.807, 2.05) is 13.8 Å². The lowest BCUT2D eigenvalue weighted by Crippen LogP contribution is -2.18. The molecular formula is C13H18O4. The summed E-state index contributed by atoms with van der Waals surface area (Å²) in [5.41, 5.74) is 0.677. The van der Waals surface area contributed by atoms with Crippen molar-refractivity contribution in [2.24, 2.45) is 5.92 Å². The van der Waals surface area contributed by atoms with Gasteiger partial charge in [-0.1, -0.05) is 19.9 Å². The zero-order valence-corrected chi connectivity index (χ0v) is 10.6. The zero-order valence-electron chi connectivity index (χ0n) is 10.6. The first-order valence-electron chi connectivity index (χ1n) is 5.46. The molecule has 0 aliphatic heterocycles. The standard InChI is InChI=1S/C13H18O4/c1-8(2)12(13(14)15)10-6-5-9(16-3)7-11(10)17-4/h5-8,12H,1-4H3,(H,14,15). The molecule has 0 aromatic heterocycles. The van der Waals surface area contributed by atoms with E-state index in [1.165, 1.54) is 7.11 Å². The predicted octanol–water partition coefficient (Wildman–Crippen LogP) is 2.53. The van der Waals surface area contributed by atoms with E-state index in [0.29, 0.717) is 17.1 Å². The normalized spacial score (nSPS) is 12.3. The van der Waals surface area contributed by atoms with Crippen molar-refractivity contribution < 1.29 is 19.4 Å². The van der Waals surface area contributed by atoms with Gasteiger partial charge in [-0.15, -0.1) is 0 Å². The molecule has 17 heavy (non-hydrogen) atoms. The van der Waals surface area contributed by atoms with E-state index < -0.39 is 11.9 Å². The maximum absolute atomic E-state index is 11.3. The van der Waals surface area contributed by atoms with Gasteiger partial charge in [-0.3, -0.25) is 4.79 Å². The van der Waals surface area contributed by atoms with E-state index in [2.05, 4.69) is 0 Å². The Hall–Kier alpha value is -1.71. The summed E-state index contributed by atoms with van der Waals surface area (Å²) in [6.07, 6.45) is 0. The Bertz CT molecular complexity index is 398. The molecular weight excluding hydrogens is 220 g/mol. The number of rotatable bonds is 5. The van der Waals surface area contributed by atoms with Gasteiger partial charge < -0.3 is 14.6 Å². The van der Waals surface area contributed by atoms with Crippen molar-refractivity contribution in [2.75, 3.05) is 14.2 Å². The smallest absolute Gasteiger partial charge is 0.311 e. The summed E-state index contributed by atoms with van der Waals surface area (Å²) in [5.74, 6) is -0.224. The highest BCUT2D eigenvalue weighted by Crippen LogP contribution is 2.34. The second kappa shape index (κ2) is 5.57. The molecule has 1 unspecified atom stereocenters. The third-order valence-corrected chi connectivity index (χ3v) is 2.71. The Kier molecular flexibility index (Phi) is 4.37. The summed E-state index contributed by atoms with van der Waals surface area (Å²) >= 11 is 0. The maximum atomic E-state index is 11.3. The molecule has 1 atom stereocenters. The van der Waals surface area contributed by atoms with Gasteiger partial charge in [0.25, 0.3) is 0 Å². The summed E-state index contributed by atoms with van der Waals surface area (Å²) in [4.78, 5) is 11.3. The number of benzene rings is 1. The van der Waals surface area contributed by atoms with Gasteiger partial charge in [-0.05, 0) is 12.0 Å². The molecule has 0 spiro atoms. The lowest BCUT2D eigenvalue weighted by Gasteiger charge is -2.19. The molecule has 94 valence electrons.